The van der Waals surface area contributed by atoms with Gasteiger partial charge in [0.05, 0.1) is 7.11 Å². The van der Waals surface area contributed by atoms with Gasteiger partial charge in [-0.3, -0.25) is 4.79 Å². The average Bonchev–Trinajstić information content (AvgIpc) is 2.86. The van der Waals surface area contributed by atoms with Crippen molar-refractivity contribution in [2.45, 2.75) is 51.5 Å². The fourth-order valence-corrected chi connectivity index (χ4v) is 2.77. The zero-order chi connectivity index (χ0) is 17.2. The molecule has 0 unspecified atom stereocenters. The molecule has 2 aliphatic rings. The van der Waals surface area contributed by atoms with E-state index >= 15 is 0 Å². The van der Waals surface area contributed by atoms with Crippen LogP contribution in [-0.4, -0.2) is 72.4 Å². The van der Waals surface area contributed by atoms with Gasteiger partial charge in [-0.2, -0.15) is 0 Å². The molecular formula is C15H24N2O6. The highest BCUT2D eigenvalue weighted by atomic mass is 16.6. The second kappa shape index (κ2) is 6.74. The summed E-state index contributed by atoms with van der Waals surface area (Å²) in [5.41, 5.74) is -0.539. The quantitative estimate of drug-likeness (QED) is 0.695. The lowest BCUT2D eigenvalue weighted by atomic mass is 10.0. The van der Waals surface area contributed by atoms with E-state index in [1.807, 2.05) is 20.8 Å². The highest BCUT2D eigenvalue weighted by Gasteiger charge is 2.43. The maximum atomic E-state index is 12.0. The van der Waals surface area contributed by atoms with Gasteiger partial charge in [0.15, 0.2) is 0 Å². The first-order chi connectivity index (χ1) is 10.7. The van der Waals surface area contributed by atoms with Crippen molar-refractivity contribution >= 4 is 18.0 Å². The number of nitrogens with zero attached hydrogens (tertiary/aromatic N) is 2. The van der Waals surface area contributed by atoms with Gasteiger partial charge < -0.3 is 24.0 Å². The van der Waals surface area contributed by atoms with Gasteiger partial charge in [-0.25, -0.2) is 9.59 Å². The Morgan fingerprint density at radius 2 is 1.83 bits per heavy atom. The van der Waals surface area contributed by atoms with E-state index in [1.165, 1.54) is 12.0 Å². The van der Waals surface area contributed by atoms with Crippen LogP contribution in [-0.2, 0) is 23.8 Å². The summed E-state index contributed by atoms with van der Waals surface area (Å²) in [4.78, 5) is 38.8. The average molecular weight is 328 g/mol. The summed E-state index contributed by atoms with van der Waals surface area (Å²) in [6.45, 7) is 6.27. The first-order valence-electron chi connectivity index (χ1n) is 7.71. The normalized spacial score (nSPS) is 23.1. The molecule has 2 aliphatic heterocycles. The van der Waals surface area contributed by atoms with Crippen molar-refractivity contribution in [3.8, 4) is 0 Å². The fraction of sp³-hybridized carbons (Fsp3) is 0.800. The Hall–Kier alpha value is -1.83. The van der Waals surface area contributed by atoms with Crippen molar-refractivity contribution in [3.05, 3.63) is 0 Å². The van der Waals surface area contributed by atoms with Crippen LogP contribution in [0, 0.1) is 0 Å². The molecule has 2 rings (SSSR count). The lowest BCUT2D eigenvalue weighted by Crippen LogP contribution is -2.52. The Kier molecular flexibility index (Phi) is 5.13. The van der Waals surface area contributed by atoms with Crippen LogP contribution in [0.2, 0.25) is 0 Å². The summed E-state index contributed by atoms with van der Waals surface area (Å²) in [7, 11) is 1.26. The third-order valence-corrected chi connectivity index (χ3v) is 3.82. The molecule has 0 aliphatic carbocycles. The topological polar surface area (TPSA) is 85.4 Å². The van der Waals surface area contributed by atoms with Crippen molar-refractivity contribution < 1.29 is 28.6 Å². The molecule has 0 aromatic rings. The zero-order valence-electron chi connectivity index (χ0n) is 14.0. The monoisotopic (exact) mass is 328 g/mol. The van der Waals surface area contributed by atoms with E-state index in [-0.39, 0.29) is 24.6 Å². The Balaban J connectivity index is 1.94. The number of carbonyl (C=O) groups excluding carboxylic acids is 3. The predicted molar refractivity (Wildman–Crippen MR) is 79.4 cm³/mol. The van der Waals surface area contributed by atoms with Crippen LogP contribution in [0.1, 0.15) is 33.6 Å². The summed E-state index contributed by atoms with van der Waals surface area (Å²) >= 11 is 0. The third-order valence-electron chi connectivity index (χ3n) is 3.82. The number of piperidine rings is 1. The van der Waals surface area contributed by atoms with Gasteiger partial charge in [0.1, 0.15) is 12.2 Å². The number of carbonyl (C=O) groups is 3. The van der Waals surface area contributed by atoms with Crippen LogP contribution in [0.15, 0.2) is 0 Å². The smallest absolute Gasteiger partial charge is 0.410 e. The van der Waals surface area contributed by atoms with Crippen molar-refractivity contribution in [3.63, 3.8) is 0 Å². The zero-order valence-corrected chi connectivity index (χ0v) is 14.0. The molecule has 130 valence electrons. The minimum atomic E-state index is -0.981. The van der Waals surface area contributed by atoms with E-state index in [2.05, 4.69) is 4.74 Å². The van der Waals surface area contributed by atoms with E-state index in [0.29, 0.717) is 25.9 Å². The molecular weight excluding hydrogens is 304 g/mol. The van der Waals surface area contributed by atoms with E-state index in [4.69, 9.17) is 9.47 Å². The predicted octanol–water partition coefficient (Wildman–Crippen LogP) is 0.744. The SMILES string of the molecule is COC(=O)[C@@H]1OCC(=O)N1C1CCN(C(=O)OC(C)(C)C)CC1. The van der Waals surface area contributed by atoms with E-state index in [1.54, 1.807) is 4.90 Å². The summed E-state index contributed by atoms with van der Waals surface area (Å²) in [5.74, 6) is -0.804. The molecule has 0 radical (unpaired) electrons. The summed E-state index contributed by atoms with van der Waals surface area (Å²) < 4.78 is 15.2. The highest BCUT2D eigenvalue weighted by Crippen LogP contribution is 2.25. The van der Waals surface area contributed by atoms with Crippen LogP contribution in [0.5, 0.6) is 0 Å². The number of hydrogen-bond donors (Lipinski definition) is 0. The molecule has 2 amide bonds. The summed E-state index contributed by atoms with van der Waals surface area (Å²) in [6, 6.07) is -0.146. The minimum absolute atomic E-state index is 0.119. The van der Waals surface area contributed by atoms with Crippen molar-refractivity contribution in [1.82, 2.24) is 9.80 Å². The van der Waals surface area contributed by atoms with E-state index in [0.717, 1.165) is 0 Å². The number of amides is 2. The van der Waals surface area contributed by atoms with Gasteiger partial charge in [0, 0.05) is 19.1 Å². The molecule has 0 N–H and O–H groups in total. The molecule has 2 heterocycles. The van der Waals surface area contributed by atoms with Crippen LogP contribution in [0.25, 0.3) is 0 Å². The standard InChI is InChI=1S/C15H24N2O6/c1-15(2,3)23-14(20)16-7-5-10(6-8-16)17-11(18)9-22-12(17)13(19)21-4/h10,12H,5-9H2,1-4H3/t12-/m0/s1. The number of likely N-dealkylation sites (tertiary alicyclic amines) is 1. The maximum absolute atomic E-state index is 12.0. The molecule has 0 bridgehead atoms. The van der Waals surface area contributed by atoms with Gasteiger partial charge in [0.25, 0.3) is 5.91 Å². The second-order valence-corrected chi connectivity index (χ2v) is 6.69. The number of methoxy groups -OCH3 is 1. The molecule has 0 saturated carbocycles. The maximum Gasteiger partial charge on any atom is 0.410 e. The number of rotatable bonds is 2. The Labute approximate surface area is 135 Å². The number of ether oxygens (including phenoxy) is 3. The summed E-state index contributed by atoms with van der Waals surface area (Å²) in [6.07, 6.45) is -0.195. The van der Waals surface area contributed by atoms with Crippen molar-refractivity contribution in [1.29, 1.82) is 0 Å². The molecule has 0 spiro atoms. The first-order valence-corrected chi connectivity index (χ1v) is 7.71. The van der Waals surface area contributed by atoms with Crippen LogP contribution < -0.4 is 0 Å². The molecule has 0 aromatic carbocycles. The summed E-state index contributed by atoms with van der Waals surface area (Å²) in [5, 5.41) is 0. The molecule has 1 atom stereocenters. The van der Waals surface area contributed by atoms with Gasteiger partial charge >= 0.3 is 12.1 Å². The molecule has 2 fully saturated rings. The van der Waals surface area contributed by atoms with Gasteiger partial charge in [-0.1, -0.05) is 0 Å². The molecule has 2 saturated heterocycles. The second-order valence-electron chi connectivity index (χ2n) is 6.69. The Bertz CT molecular complexity index is 479. The molecule has 23 heavy (non-hydrogen) atoms. The van der Waals surface area contributed by atoms with Crippen LogP contribution in [0.3, 0.4) is 0 Å². The third kappa shape index (κ3) is 4.13. The minimum Gasteiger partial charge on any atom is -0.466 e. The highest BCUT2D eigenvalue weighted by molar-refractivity contribution is 5.87. The lowest BCUT2D eigenvalue weighted by molar-refractivity contribution is -0.162. The first kappa shape index (κ1) is 17.5. The van der Waals surface area contributed by atoms with Gasteiger partial charge in [-0.15, -0.1) is 0 Å². The van der Waals surface area contributed by atoms with Gasteiger partial charge in [0.2, 0.25) is 6.23 Å². The van der Waals surface area contributed by atoms with E-state index in [9.17, 15) is 14.4 Å². The molecule has 0 aromatic heterocycles. The Morgan fingerprint density at radius 1 is 1.22 bits per heavy atom. The lowest BCUT2D eigenvalue weighted by Gasteiger charge is -2.38. The molecule has 8 heteroatoms. The largest absolute Gasteiger partial charge is 0.466 e. The van der Waals surface area contributed by atoms with E-state index < -0.39 is 17.8 Å². The Morgan fingerprint density at radius 3 is 2.35 bits per heavy atom. The van der Waals surface area contributed by atoms with Gasteiger partial charge in [-0.05, 0) is 33.6 Å². The number of hydrogen-bond acceptors (Lipinski definition) is 6. The number of esters is 1. The van der Waals surface area contributed by atoms with Crippen molar-refractivity contribution in [2.24, 2.45) is 0 Å². The fourth-order valence-electron chi connectivity index (χ4n) is 2.77. The molecule has 8 nitrogen and oxygen atoms in total. The van der Waals surface area contributed by atoms with Crippen LogP contribution >= 0.6 is 0 Å². The van der Waals surface area contributed by atoms with Crippen LogP contribution in [0.4, 0.5) is 4.79 Å². The van der Waals surface area contributed by atoms with Crippen molar-refractivity contribution in [2.75, 3.05) is 26.8 Å².